The van der Waals surface area contributed by atoms with Crippen molar-refractivity contribution in [3.8, 4) is 0 Å². The molecule has 1 aliphatic rings. The highest BCUT2D eigenvalue weighted by Crippen LogP contribution is 2.28. The highest BCUT2D eigenvalue weighted by molar-refractivity contribution is 5.89. The zero-order valence-electron chi connectivity index (χ0n) is 13.1. The fourth-order valence-electron chi connectivity index (χ4n) is 2.20. The molecule has 0 radical (unpaired) electrons. The zero-order valence-corrected chi connectivity index (χ0v) is 13.1. The maximum absolute atomic E-state index is 14.4. The van der Waals surface area contributed by atoms with Gasteiger partial charge < -0.3 is 18.9 Å². The van der Waals surface area contributed by atoms with Gasteiger partial charge in [-0.2, -0.15) is 0 Å². The van der Waals surface area contributed by atoms with Gasteiger partial charge in [-0.3, -0.25) is 9.59 Å². The van der Waals surface area contributed by atoms with E-state index in [1.165, 1.54) is 0 Å². The first-order valence-corrected chi connectivity index (χ1v) is 7.24. The minimum Gasteiger partial charge on any atom is -0.459 e. The highest BCUT2D eigenvalue weighted by atomic mass is 19.1. The third-order valence-electron chi connectivity index (χ3n) is 3.22. The third kappa shape index (κ3) is 4.51. The number of esters is 3. The molecule has 1 fully saturated rings. The average Bonchev–Trinajstić information content (AvgIpc) is 2.81. The molecule has 130 valence electrons. The van der Waals surface area contributed by atoms with Gasteiger partial charge >= 0.3 is 17.9 Å². The van der Waals surface area contributed by atoms with Crippen LogP contribution in [-0.4, -0.2) is 49.2 Å². The van der Waals surface area contributed by atoms with Crippen LogP contribution in [0.3, 0.4) is 0 Å². The fraction of sp³-hybridized carbons (Fsp3) is 0.438. The van der Waals surface area contributed by atoms with Crippen LogP contribution in [0.25, 0.3) is 0 Å². The summed E-state index contributed by atoms with van der Waals surface area (Å²) in [7, 11) is 0. The maximum atomic E-state index is 14.4. The summed E-state index contributed by atoms with van der Waals surface area (Å²) in [6.45, 7) is 1.80. The summed E-state index contributed by atoms with van der Waals surface area (Å²) in [4.78, 5) is 34.0. The quantitative estimate of drug-likeness (QED) is 0.591. The molecule has 4 atom stereocenters. The summed E-state index contributed by atoms with van der Waals surface area (Å²) >= 11 is 0. The maximum Gasteiger partial charge on any atom is 0.338 e. The molecule has 2 rings (SSSR count). The molecule has 0 N–H and O–H groups in total. The van der Waals surface area contributed by atoms with Crippen LogP contribution in [0.5, 0.6) is 0 Å². The molecule has 8 heteroatoms. The zero-order chi connectivity index (χ0) is 17.7. The van der Waals surface area contributed by atoms with E-state index in [2.05, 4.69) is 0 Å². The molecule has 1 aromatic rings. The van der Waals surface area contributed by atoms with Crippen LogP contribution in [0.2, 0.25) is 0 Å². The van der Waals surface area contributed by atoms with Gasteiger partial charge in [-0.15, -0.1) is 0 Å². The fourth-order valence-corrected chi connectivity index (χ4v) is 2.20. The van der Waals surface area contributed by atoms with E-state index in [-0.39, 0.29) is 0 Å². The van der Waals surface area contributed by atoms with Gasteiger partial charge in [-0.25, -0.2) is 9.18 Å². The van der Waals surface area contributed by atoms with Gasteiger partial charge in [-0.1, -0.05) is 18.2 Å². The first kappa shape index (κ1) is 17.9. The second-order valence-corrected chi connectivity index (χ2v) is 5.14. The number of hydrogen-bond donors (Lipinski definition) is 0. The van der Waals surface area contributed by atoms with Crippen LogP contribution in [0.15, 0.2) is 30.3 Å². The second kappa shape index (κ2) is 7.87. The van der Waals surface area contributed by atoms with Gasteiger partial charge in [0.15, 0.2) is 12.3 Å². The molecule has 7 nitrogen and oxygen atoms in total. The average molecular weight is 340 g/mol. The first-order valence-electron chi connectivity index (χ1n) is 7.24. The summed E-state index contributed by atoms with van der Waals surface area (Å²) in [5, 5.41) is 0. The Balaban J connectivity index is 1.98. The molecular weight excluding hydrogens is 323 g/mol. The van der Waals surface area contributed by atoms with E-state index >= 15 is 0 Å². The molecule has 0 aliphatic carbocycles. The minimum atomic E-state index is -1.80. The predicted molar refractivity (Wildman–Crippen MR) is 77.6 cm³/mol. The molecule has 0 spiro atoms. The van der Waals surface area contributed by atoms with Gasteiger partial charge in [0.25, 0.3) is 0 Å². The molecule has 24 heavy (non-hydrogen) atoms. The molecule has 0 amide bonds. The molecule has 1 unspecified atom stereocenters. The van der Waals surface area contributed by atoms with E-state index in [9.17, 15) is 18.8 Å². The topological polar surface area (TPSA) is 88.1 Å². The molecule has 0 saturated carbocycles. The summed E-state index contributed by atoms with van der Waals surface area (Å²) < 4.78 is 34.2. The lowest BCUT2D eigenvalue weighted by Gasteiger charge is -2.18. The van der Waals surface area contributed by atoms with E-state index in [0.717, 1.165) is 13.8 Å². The molecule has 0 aromatic heterocycles. The summed E-state index contributed by atoms with van der Waals surface area (Å²) in [6.07, 6.45) is -5.82. The molecule has 1 saturated heterocycles. The monoisotopic (exact) mass is 340 g/mol. The van der Waals surface area contributed by atoms with Crippen LogP contribution in [-0.2, 0) is 28.5 Å². The molecule has 1 aliphatic heterocycles. The van der Waals surface area contributed by atoms with Crippen LogP contribution >= 0.6 is 0 Å². The molecule has 1 aromatic carbocycles. The molecule has 0 bridgehead atoms. The van der Waals surface area contributed by atoms with Crippen molar-refractivity contribution in [2.24, 2.45) is 0 Å². The number of hydrogen-bond acceptors (Lipinski definition) is 7. The molecular formula is C16H17FO7. The molecule has 1 heterocycles. The van der Waals surface area contributed by atoms with Crippen molar-refractivity contribution in [1.29, 1.82) is 0 Å². The van der Waals surface area contributed by atoms with Crippen molar-refractivity contribution in [2.75, 3.05) is 6.61 Å². The number of ether oxygens (including phenoxy) is 4. The summed E-state index contributed by atoms with van der Waals surface area (Å²) in [6, 6.07) is 8.16. The Morgan fingerprint density at radius 2 is 1.71 bits per heavy atom. The van der Waals surface area contributed by atoms with Gasteiger partial charge in [0.05, 0.1) is 5.56 Å². The normalized spacial score (nSPS) is 25.8. The van der Waals surface area contributed by atoms with E-state index in [1.807, 2.05) is 0 Å². The SMILES string of the molecule is CC(=O)OC1O[C@H](COC(=O)c2ccccc2)[C@H](F)[C@@H]1OC(C)=O. The highest BCUT2D eigenvalue weighted by Gasteiger charge is 2.49. The number of carbonyl (C=O) groups excluding carboxylic acids is 3. The van der Waals surface area contributed by atoms with Crippen molar-refractivity contribution >= 4 is 17.9 Å². The lowest BCUT2D eigenvalue weighted by atomic mass is 10.1. The smallest absolute Gasteiger partial charge is 0.338 e. The minimum absolute atomic E-state index is 0.305. The second-order valence-electron chi connectivity index (χ2n) is 5.14. The Hall–Kier alpha value is -2.48. The van der Waals surface area contributed by atoms with Crippen LogP contribution < -0.4 is 0 Å². The number of halogens is 1. The standard InChI is InChI=1S/C16H17FO7/c1-9(18)22-14-13(17)12(24-16(14)23-10(2)19)8-21-15(20)11-6-4-3-5-7-11/h3-7,12-14,16H,8H2,1-2H3/t12-,13+,14+,16?/m1/s1. The predicted octanol–water partition coefficient (Wildman–Crippen LogP) is 1.40. The van der Waals surface area contributed by atoms with E-state index in [0.29, 0.717) is 5.56 Å². The van der Waals surface area contributed by atoms with Crippen LogP contribution in [0.1, 0.15) is 24.2 Å². The number of rotatable bonds is 5. The Kier molecular flexibility index (Phi) is 5.86. The Bertz CT molecular complexity index is 604. The van der Waals surface area contributed by atoms with Crippen molar-refractivity contribution in [3.05, 3.63) is 35.9 Å². The van der Waals surface area contributed by atoms with Gasteiger partial charge in [0, 0.05) is 13.8 Å². The Morgan fingerprint density at radius 1 is 1.08 bits per heavy atom. The third-order valence-corrected chi connectivity index (χ3v) is 3.22. The van der Waals surface area contributed by atoms with Gasteiger partial charge in [0.2, 0.25) is 6.29 Å². The number of carbonyl (C=O) groups is 3. The van der Waals surface area contributed by atoms with Crippen LogP contribution in [0.4, 0.5) is 4.39 Å². The summed E-state index contributed by atoms with van der Waals surface area (Å²) in [5.74, 6) is -2.11. The van der Waals surface area contributed by atoms with Crippen molar-refractivity contribution < 1.29 is 37.7 Å². The number of alkyl halides is 1. The van der Waals surface area contributed by atoms with Crippen LogP contribution in [0, 0.1) is 0 Å². The Labute approximate surface area is 137 Å². The van der Waals surface area contributed by atoms with Crippen molar-refractivity contribution in [3.63, 3.8) is 0 Å². The lowest BCUT2D eigenvalue weighted by molar-refractivity contribution is -0.195. The van der Waals surface area contributed by atoms with E-state index in [4.69, 9.17) is 18.9 Å². The largest absolute Gasteiger partial charge is 0.459 e. The Morgan fingerprint density at radius 3 is 2.29 bits per heavy atom. The van der Waals surface area contributed by atoms with E-state index in [1.54, 1.807) is 30.3 Å². The van der Waals surface area contributed by atoms with Gasteiger partial charge in [0.1, 0.15) is 12.7 Å². The first-order chi connectivity index (χ1) is 11.4. The summed E-state index contributed by atoms with van der Waals surface area (Å²) in [5.41, 5.74) is 0.305. The van der Waals surface area contributed by atoms with Crippen molar-refractivity contribution in [2.45, 2.75) is 38.5 Å². The lowest BCUT2D eigenvalue weighted by Crippen LogP contribution is -2.36. The van der Waals surface area contributed by atoms with Crippen molar-refractivity contribution in [1.82, 2.24) is 0 Å². The van der Waals surface area contributed by atoms with E-state index < -0.39 is 49.2 Å². The van der Waals surface area contributed by atoms with Gasteiger partial charge in [-0.05, 0) is 12.1 Å². The number of benzene rings is 1.